The van der Waals surface area contributed by atoms with E-state index in [1.807, 2.05) is 13.8 Å². The van der Waals surface area contributed by atoms with Crippen LogP contribution in [0, 0.1) is 11.3 Å². The van der Waals surface area contributed by atoms with Gasteiger partial charge in [0, 0.05) is 17.7 Å². The lowest BCUT2D eigenvalue weighted by atomic mass is 10.1. The number of sulfonamides is 1. The van der Waals surface area contributed by atoms with E-state index < -0.39 is 10.0 Å². The number of ether oxygens (including phenoxy) is 1. The summed E-state index contributed by atoms with van der Waals surface area (Å²) in [5.74, 6) is 0.0344. The molecule has 1 atom stereocenters. The average molecular weight is 298 g/mol. The highest BCUT2D eigenvalue weighted by Crippen LogP contribution is 2.52. The lowest BCUT2D eigenvalue weighted by Crippen LogP contribution is -2.17. The lowest BCUT2D eigenvalue weighted by Gasteiger charge is -2.11. The number of carbonyl (C=O) groups excluding carboxylic acids is 1. The third-order valence-corrected chi connectivity index (χ3v) is 4.52. The minimum absolute atomic E-state index is 0.00795. The zero-order valence-corrected chi connectivity index (χ0v) is 12.5. The van der Waals surface area contributed by atoms with Gasteiger partial charge in [-0.2, -0.15) is 0 Å². The predicted octanol–water partition coefficient (Wildman–Crippen LogP) is 1.33. The molecule has 1 aromatic rings. The van der Waals surface area contributed by atoms with Crippen LogP contribution < -0.4 is 15.2 Å². The average Bonchev–Trinajstić information content (AvgIpc) is 2.97. The van der Waals surface area contributed by atoms with Crippen molar-refractivity contribution in [1.82, 2.24) is 0 Å². The van der Waals surface area contributed by atoms with E-state index in [2.05, 4.69) is 5.32 Å². The first-order valence-corrected chi connectivity index (χ1v) is 7.71. The van der Waals surface area contributed by atoms with Gasteiger partial charge in [0.2, 0.25) is 15.9 Å². The number of primary sulfonamides is 1. The van der Waals surface area contributed by atoms with Crippen LogP contribution in [-0.2, 0) is 14.8 Å². The molecule has 0 aromatic heterocycles. The summed E-state index contributed by atoms with van der Waals surface area (Å²) in [6.07, 6.45) is 0.852. The van der Waals surface area contributed by atoms with Crippen LogP contribution in [0.25, 0.3) is 0 Å². The van der Waals surface area contributed by atoms with Crippen molar-refractivity contribution in [3.05, 3.63) is 18.2 Å². The van der Waals surface area contributed by atoms with Gasteiger partial charge in [-0.1, -0.05) is 13.8 Å². The van der Waals surface area contributed by atoms with Crippen LogP contribution in [-0.4, -0.2) is 21.4 Å². The highest BCUT2D eigenvalue weighted by atomic mass is 32.2. The van der Waals surface area contributed by atoms with Gasteiger partial charge in [0.05, 0.1) is 7.11 Å². The first kappa shape index (κ1) is 14.8. The molecule has 0 bridgehead atoms. The summed E-state index contributed by atoms with van der Waals surface area (Å²) in [5, 5.41) is 7.84. The Morgan fingerprint density at radius 3 is 2.50 bits per heavy atom. The Morgan fingerprint density at radius 1 is 1.45 bits per heavy atom. The van der Waals surface area contributed by atoms with Gasteiger partial charge in [0.25, 0.3) is 0 Å². The number of hydrogen-bond acceptors (Lipinski definition) is 4. The molecule has 1 amide bonds. The number of methoxy groups -OCH3 is 1. The van der Waals surface area contributed by atoms with E-state index in [0.29, 0.717) is 5.69 Å². The van der Waals surface area contributed by atoms with Crippen molar-refractivity contribution in [3.8, 4) is 5.75 Å². The molecule has 3 N–H and O–H groups in total. The minimum Gasteiger partial charge on any atom is -0.495 e. The molecule has 1 unspecified atom stereocenters. The number of anilines is 1. The molecule has 0 aliphatic heterocycles. The third kappa shape index (κ3) is 2.94. The maximum Gasteiger partial charge on any atom is 0.241 e. The quantitative estimate of drug-likeness (QED) is 0.876. The fraction of sp³-hybridized carbons (Fsp3) is 0.462. The Balaban J connectivity index is 2.21. The molecule has 0 spiro atoms. The third-order valence-electron chi connectivity index (χ3n) is 3.57. The maximum absolute atomic E-state index is 12.0. The van der Waals surface area contributed by atoms with Crippen LogP contribution in [0.5, 0.6) is 5.75 Å². The predicted molar refractivity (Wildman–Crippen MR) is 74.9 cm³/mol. The molecule has 0 radical (unpaired) electrons. The highest BCUT2D eigenvalue weighted by Gasteiger charge is 2.50. The first-order valence-electron chi connectivity index (χ1n) is 6.17. The molecule has 110 valence electrons. The van der Waals surface area contributed by atoms with Crippen LogP contribution in [0.15, 0.2) is 23.1 Å². The van der Waals surface area contributed by atoms with Crippen LogP contribution in [0.2, 0.25) is 0 Å². The molecule has 1 aromatic carbocycles. The van der Waals surface area contributed by atoms with Gasteiger partial charge in [-0.3, -0.25) is 4.79 Å². The van der Waals surface area contributed by atoms with Crippen molar-refractivity contribution in [1.29, 1.82) is 0 Å². The Kier molecular flexibility index (Phi) is 3.51. The van der Waals surface area contributed by atoms with E-state index in [1.165, 1.54) is 25.3 Å². The van der Waals surface area contributed by atoms with Crippen LogP contribution in [0.1, 0.15) is 20.3 Å². The summed E-state index contributed by atoms with van der Waals surface area (Å²) in [6.45, 7) is 4.06. The van der Waals surface area contributed by atoms with E-state index in [-0.39, 0.29) is 27.9 Å². The van der Waals surface area contributed by atoms with E-state index in [9.17, 15) is 13.2 Å². The summed E-state index contributed by atoms with van der Waals surface area (Å²) < 4.78 is 27.7. The zero-order chi connectivity index (χ0) is 15.1. The second-order valence-corrected chi connectivity index (χ2v) is 7.18. The topological polar surface area (TPSA) is 98.5 Å². The maximum atomic E-state index is 12.0. The molecule has 0 saturated heterocycles. The van der Waals surface area contributed by atoms with Gasteiger partial charge < -0.3 is 10.1 Å². The van der Waals surface area contributed by atoms with E-state index in [4.69, 9.17) is 9.88 Å². The summed E-state index contributed by atoms with van der Waals surface area (Å²) >= 11 is 0. The first-order chi connectivity index (χ1) is 9.15. The standard InChI is InChI=1S/C13H18N2O4S/c1-13(2)7-9(13)12(16)15-8-4-5-11(20(14,17)18)10(6-8)19-3/h4-6,9H,7H2,1-3H3,(H,15,16)(H2,14,17,18). The summed E-state index contributed by atoms with van der Waals surface area (Å²) in [5.41, 5.74) is 0.524. The largest absolute Gasteiger partial charge is 0.495 e. The molecule has 1 aliphatic rings. The second kappa shape index (κ2) is 4.75. The fourth-order valence-electron chi connectivity index (χ4n) is 2.12. The number of carbonyl (C=O) groups is 1. The minimum atomic E-state index is -3.85. The summed E-state index contributed by atoms with van der Waals surface area (Å²) in [4.78, 5) is 11.9. The number of amides is 1. The van der Waals surface area contributed by atoms with Gasteiger partial charge in [-0.25, -0.2) is 13.6 Å². The molecule has 1 aliphatic carbocycles. The number of nitrogens with one attached hydrogen (secondary N) is 1. The Hall–Kier alpha value is -1.60. The molecule has 6 nitrogen and oxygen atoms in total. The van der Waals surface area contributed by atoms with Crippen LogP contribution in [0.4, 0.5) is 5.69 Å². The summed E-state index contributed by atoms with van der Waals surface area (Å²) in [7, 11) is -2.50. The highest BCUT2D eigenvalue weighted by molar-refractivity contribution is 7.89. The van der Waals surface area contributed by atoms with Crippen LogP contribution >= 0.6 is 0 Å². The molecule has 1 fully saturated rings. The molecular formula is C13H18N2O4S. The van der Waals surface area contributed by atoms with Crippen molar-refractivity contribution in [2.24, 2.45) is 16.5 Å². The molecule has 0 heterocycles. The number of hydrogen-bond donors (Lipinski definition) is 2. The van der Waals surface area contributed by atoms with Gasteiger partial charge in [0.15, 0.2) is 0 Å². The fourth-order valence-corrected chi connectivity index (χ4v) is 2.80. The van der Waals surface area contributed by atoms with Crippen LogP contribution in [0.3, 0.4) is 0 Å². The van der Waals surface area contributed by atoms with Crippen molar-refractivity contribution in [2.45, 2.75) is 25.2 Å². The molecule has 7 heteroatoms. The second-order valence-electron chi connectivity index (χ2n) is 5.65. The SMILES string of the molecule is COc1cc(NC(=O)C2CC2(C)C)ccc1S(N)(=O)=O. The summed E-state index contributed by atoms with van der Waals surface area (Å²) in [6, 6.07) is 4.27. The van der Waals surface area contributed by atoms with Crippen molar-refractivity contribution < 1.29 is 17.9 Å². The van der Waals surface area contributed by atoms with E-state index in [0.717, 1.165) is 6.42 Å². The monoisotopic (exact) mass is 298 g/mol. The molecule has 1 saturated carbocycles. The van der Waals surface area contributed by atoms with E-state index >= 15 is 0 Å². The van der Waals surface area contributed by atoms with E-state index in [1.54, 1.807) is 0 Å². The van der Waals surface area contributed by atoms with Crippen molar-refractivity contribution in [2.75, 3.05) is 12.4 Å². The van der Waals surface area contributed by atoms with Gasteiger partial charge in [-0.15, -0.1) is 0 Å². The number of rotatable bonds is 4. The molecule has 2 rings (SSSR count). The van der Waals surface area contributed by atoms with Crippen molar-refractivity contribution >= 4 is 21.6 Å². The zero-order valence-electron chi connectivity index (χ0n) is 11.6. The number of nitrogens with two attached hydrogens (primary N) is 1. The Bertz CT molecular complexity index is 652. The lowest BCUT2D eigenvalue weighted by molar-refractivity contribution is -0.118. The smallest absolute Gasteiger partial charge is 0.241 e. The molecular weight excluding hydrogens is 280 g/mol. The number of benzene rings is 1. The Morgan fingerprint density at radius 2 is 2.05 bits per heavy atom. The van der Waals surface area contributed by atoms with Gasteiger partial charge >= 0.3 is 0 Å². The van der Waals surface area contributed by atoms with Crippen molar-refractivity contribution in [3.63, 3.8) is 0 Å². The molecule has 20 heavy (non-hydrogen) atoms. The Labute approximate surface area is 118 Å². The normalized spacial score (nSPS) is 20.3. The van der Waals surface area contributed by atoms with Gasteiger partial charge in [-0.05, 0) is 24.0 Å². The van der Waals surface area contributed by atoms with Gasteiger partial charge in [0.1, 0.15) is 10.6 Å².